The number of aromatic amines is 1. The Hall–Kier alpha value is -2.89. The highest BCUT2D eigenvalue weighted by molar-refractivity contribution is 6.04. The Morgan fingerprint density at radius 1 is 1.20 bits per heavy atom. The summed E-state index contributed by atoms with van der Waals surface area (Å²) in [6.45, 7) is 1.72. The Labute approximate surface area is 114 Å². The van der Waals surface area contributed by atoms with Gasteiger partial charge in [0, 0.05) is 23.6 Å². The van der Waals surface area contributed by atoms with Crippen LogP contribution in [0.4, 0.5) is 5.69 Å². The van der Waals surface area contributed by atoms with Crippen LogP contribution < -0.4 is 10.7 Å². The molecule has 0 saturated carbocycles. The number of carbonyl (C=O) groups is 2. The zero-order valence-corrected chi connectivity index (χ0v) is 10.6. The van der Waals surface area contributed by atoms with Gasteiger partial charge < -0.3 is 15.4 Å². The van der Waals surface area contributed by atoms with Crippen molar-refractivity contribution in [2.45, 2.75) is 6.92 Å². The molecule has 102 valence electrons. The number of hydrogen-bond donors (Lipinski definition) is 3. The van der Waals surface area contributed by atoms with Crippen LogP contribution in [0.2, 0.25) is 0 Å². The van der Waals surface area contributed by atoms with Gasteiger partial charge in [-0.05, 0) is 31.2 Å². The molecule has 0 aliphatic heterocycles. The summed E-state index contributed by atoms with van der Waals surface area (Å²) in [4.78, 5) is 37.1. The number of aromatic nitrogens is 1. The van der Waals surface area contributed by atoms with E-state index < -0.39 is 11.9 Å². The average Bonchev–Trinajstić information content (AvgIpc) is 2.39. The molecule has 0 radical (unpaired) electrons. The molecule has 1 heterocycles. The van der Waals surface area contributed by atoms with Crippen LogP contribution in [0.3, 0.4) is 0 Å². The smallest absolute Gasteiger partial charge is 0.335 e. The van der Waals surface area contributed by atoms with Gasteiger partial charge in [-0.25, -0.2) is 4.79 Å². The zero-order chi connectivity index (χ0) is 14.7. The summed E-state index contributed by atoms with van der Waals surface area (Å²) in [5.74, 6) is -1.59. The largest absolute Gasteiger partial charge is 0.478 e. The van der Waals surface area contributed by atoms with Crippen molar-refractivity contribution in [3.63, 3.8) is 0 Å². The van der Waals surface area contributed by atoms with E-state index >= 15 is 0 Å². The van der Waals surface area contributed by atoms with Crippen LogP contribution in [-0.2, 0) is 0 Å². The van der Waals surface area contributed by atoms with Crippen LogP contribution in [0.15, 0.2) is 41.3 Å². The average molecular weight is 272 g/mol. The normalized spacial score (nSPS) is 10.1. The predicted molar refractivity (Wildman–Crippen MR) is 73.2 cm³/mol. The molecule has 0 aliphatic rings. The van der Waals surface area contributed by atoms with E-state index in [4.69, 9.17) is 5.11 Å². The maximum absolute atomic E-state index is 11.9. The van der Waals surface area contributed by atoms with Gasteiger partial charge in [-0.15, -0.1) is 0 Å². The van der Waals surface area contributed by atoms with Crippen molar-refractivity contribution >= 4 is 17.6 Å². The van der Waals surface area contributed by atoms with Crippen LogP contribution in [0.1, 0.15) is 26.4 Å². The van der Waals surface area contributed by atoms with E-state index in [9.17, 15) is 14.4 Å². The minimum absolute atomic E-state index is 0.00193. The number of aryl methyl sites for hydroxylation is 1. The number of amides is 1. The number of carboxylic acids is 1. The molecule has 1 aromatic carbocycles. The molecule has 1 aromatic heterocycles. The lowest BCUT2D eigenvalue weighted by atomic mass is 10.2. The SMILES string of the molecule is Cc1cc(=O)c(C(=O)Nc2ccc(C(=O)O)cc2)c[nH]1. The van der Waals surface area contributed by atoms with Gasteiger partial charge in [0.2, 0.25) is 0 Å². The Bertz CT molecular complexity index is 717. The molecular formula is C14H12N2O4. The second kappa shape index (κ2) is 5.40. The molecule has 3 N–H and O–H groups in total. The highest BCUT2D eigenvalue weighted by Crippen LogP contribution is 2.10. The number of aromatic carboxylic acids is 1. The minimum Gasteiger partial charge on any atom is -0.478 e. The fourth-order valence-corrected chi connectivity index (χ4v) is 1.65. The Morgan fingerprint density at radius 3 is 2.40 bits per heavy atom. The number of anilines is 1. The van der Waals surface area contributed by atoms with Crippen LogP contribution in [0.5, 0.6) is 0 Å². The first-order chi connectivity index (χ1) is 9.47. The van der Waals surface area contributed by atoms with Gasteiger partial charge in [-0.3, -0.25) is 9.59 Å². The topological polar surface area (TPSA) is 99.3 Å². The van der Waals surface area contributed by atoms with E-state index in [1.807, 2.05) is 0 Å². The summed E-state index contributed by atoms with van der Waals surface area (Å²) in [6, 6.07) is 7.00. The first kappa shape index (κ1) is 13.5. The van der Waals surface area contributed by atoms with E-state index in [0.29, 0.717) is 11.4 Å². The van der Waals surface area contributed by atoms with Crippen LogP contribution >= 0.6 is 0 Å². The predicted octanol–water partition coefficient (Wildman–Crippen LogP) is 1.63. The van der Waals surface area contributed by atoms with Gasteiger partial charge in [0.15, 0.2) is 5.43 Å². The maximum Gasteiger partial charge on any atom is 0.335 e. The lowest BCUT2D eigenvalue weighted by Gasteiger charge is -2.05. The lowest BCUT2D eigenvalue weighted by molar-refractivity contribution is 0.0696. The molecule has 20 heavy (non-hydrogen) atoms. The number of rotatable bonds is 3. The summed E-state index contributed by atoms with van der Waals surface area (Å²) < 4.78 is 0. The molecular weight excluding hydrogens is 260 g/mol. The second-order valence-corrected chi connectivity index (χ2v) is 4.23. The van der Waals surface area contributed by atoms with E-state index in [0.717, 1.165) is 0 Å². The summed E-state index contributed by atoms with van der Waals surface area (Å²) in [5.41, 5.74) is 0.826. The molecule has 1 amide bonds. The third-order valence-corrected chi connectivity index (χ3v) is 2.69. The van der Waals surface area contributed by atoms with Crippen molar-refractivity contribution in [3.05, 3.63) is 63.6 Å². The first-order valence-electron chi connectivity index (χ1n) is 5.81. The standard InChI is InChI=1S/C14H12N2O4/c1-8-6-12(17)11(7-15-8)13(18)16-10-4-2-9(3-5-10)14(19)20/h2-7H,1H3,(H,15,17)(H,16,18)(H,19,20). The van der Waals surface area contributed by atoms with Crippen molar-refractivity contribution in [2.24, 2.45) is 0 Å². The quantitative estimate of drug-likeness (QED) is 0.790. The number of benzene rings is 1. The second-order valence-electron chi connectivity index (χ2n) is 4.23. The third kappa shape index (κ3) is 2.92. The number of carboxylic acid groups (broad SMARTS) is 1. The van der Waals surface area contributed by atoms with E-state index in [1.54, 1.807) is 6.92 Å². The monoisotopic (exact) mass is 272 g/mol. The minimum atomic E-state index is -1.04. The number of hydrogen-bond acceptors (Lipinski definition) is 3. The lowest BCUT2D eigenvalue weighted by Crippen LogP contribution is -2.21. The molecule has 0 atom stereocenters. The molecule has 0 saturated heterocycles. The Balaban J connectivity index is 2.19. The fraction of sp³-hybridized carbons (Fsp3) is 0.0714. The van der Waals surface area contributed by atoms with Gasteiger partial charge in [-0.2, -0.15) is 0 Å². The number of nitrogens with one attached hydrogen (secondary N) is 2. The zero-order valence-electron chi connectivity index (χ0n) is 10.6. The molecule has 0 spiro atoms. The molecule has 2 rings (SSSR count). The fourth-order valence-electron chi connectivity index (χ4n) is 1.65. The molecule has 0 bridgehead atoms. The molecule has 0 aliphatic carbocycles. The van der Waals surface area contributed by atoms with Gasteiger partial charge >= 0.3 is 5.97 Å². The summed E-state index contributed by atoms with van der Waals surface area (Å²) >= 11 is 0. The van der Waals surface area contributed by atoms with Crippen LogP contribution in [0, 0.1) is 6.92 Å². The van der Waals surface area contributed by atoms with Gasteiger partial charge in [0.25, 0.3) is 5.91 Å². The van der Waals surface area contributed by atoms with E-state index in [2.05, 4.69) is 10.3 Å². The van der Waals surface area contributed by atoms with Crippen molar-refractivity contribution in [1.29, 1.82) is 0 Å². The van der Waals surface area contributed by atoms with Gasteiger partial charge in [0.1, 0.15) is 5.56 Å². The van der Waals surface area contributed by atoms with Gasteiger partial charge in [-0.1, -0.05) is 0 Å². The molecule has 2 aromatic rings. The molecule has 0 unspecified atom stereocenters. The van der Waals surface area contributed by atoms with E-state index in [1.165, 1.54) is 36.5 Å². The Morgan fingerprint density at radius 2 is 1.85 bits per heavy atom. The first-order valence-corrected chi connectivity index (χ1v) is 5.81. The van der Waals surface area contributed by atoms with Crippen molar-refractivity contribution in [3.8, 4) is 0 Å². The number of pyridine rings is 1. The van der Waals surface area contributed by atoms with Crippen molar-refractivity contribution < 1.29 is 14.7 Å². The molecule has 6 nitrogen and oxygen atoms in total. The summed E-state index contributed by atoms with van der Waals surface area (Å²) in [6.07, 6.45) is 1.35. The van der Waals surface area contributed by atoms with Crippen LogP contribution in [0.25, 0.3) is 0 Å². The van der Waals surface area contributed by atoms with Crippen LogP contribution in [-0.4, -0.2) is 22.0 Å². The summed E-state index contributed by atoms with van der Waals surface area (Å²) in [5, 5.41) is 11.3. The van der Waals surface area contributed by atoms with Crippen molar-refractivity contribution in [1.82, 2.24) is 4.98 Å². The molecule has 0 fully saturated rings. The van der Waals surface area contributed by atoms with Crippen molar-refractivity contribution in [2.75, 3.05) is 5.32 Å². The van der Waals surface area contributed by atoms with E-state index in [-0.39, 0.29) is 16.6 Å². The number of carbonyl (C=O) groups excluding carboxylic acids is 1. The highest BCUT2D eigenvalue weighted by atomic mass is 16.4. The van der Waals surface area contributed by atoms with Gasteiger partial charge in [0.05, 0.1) is 5.56 Å². The Kier molecular flexibility index (Phi) is 3.65. The highest BCUT2D eigenvalue weighted by Gasteiger charge is 2.11. The maximum atomic E-state index is 11.9. The summed E-state index contributed by atoms with van der Waals surface area (Å²) in [7, 11) is 0. The molecule has 6 heteroatoms. The number of H-pyrrole nitrogens is 1. The third-order valence-electron chi connectivity index (χ3n) is 2.69.